The molecule has 238 valence electrons. The van der Waals surface area contributed by atoms with E-state index in [0.29, 0.717) is 27.7 Å². The highest BCUT2D eigenvalue weighted by atomic mass is 32.2. The van der Waals surface area contributed by atoms with Gasteiger partial charge in [-0.25, -0.2) is 9.48 Å². The second kappa shape index (κ2) is 14.7. The van der Waals surface area contributed by atoms with Gasteiger partial charge in [0.15, 0.2) is 0 Å². The molecule has 1 aromatic heterocycles. The van der Waals surface area contributed by atoms with Gasteiger partial charge in [0.1, 0.15) is 22.0 Å². The standard InChI is InChI=1S/C39H33N5O3S/c1-26-18-22-28(23-19-26)35-34(39(46)47-3)36(44(43-35)31-14-8-5-9-15-31)37(45)40-32-16-10-11-17-33(32)48-38(29-24-20-27(2)21-25-29)42-41-30-12-6-4-7-13-30/h4-25,41H,1-3H3,(H,40,45). The van der Waals surface area contributed by atoms with Gasteiger partial charge in [0.25, 0.3) is 5.91 Å². The maximum Gasteiger partial charge on any atom is 0.342 e. The lowest BCUT2D eigenvalue weighted by molar-refractivity contribution is 0.0598. The number of rotatable bonds is 9. The van der Waals surface area contributed by atoms with Crippen LogP contribution in [-0.2, 0) is 4.74 Å². The zero-order valence-electron chi connectivity index (χ0n) is 26.7. The number of hydrazone groups is 1. The molecule has 48 heavy (non-hydrogen) atoms. The molecule has 0 fully saturated rings. The minimum atomic E-state index is -0.665. The lowest BCUT2D eigenvalue weighted by atomic mass is 10.0. The molecule has 6 rings (SSSR count). The van der Waals surface area contributed by atoms with E-state index in [2.05, 4.69) is 10.7 Å². The molecule has 1 amide bonds. The van der Waals surface area contributed by atoms with Crippen molar-refractivity contribution in [2.75, 3.05) is 17.9 Å². The van der Waals surface area contributed by atoms with Gasteiger partial charge in [-0.3, -0.25) is 10.2 Å². The van der Waals surface area contributed by atoms with Crippen molar-refractivity contribution in [3.05, 3.63) is 161 Å². The smallest absolute Gasteiger partial charge is 0.342 e. The molecular weight excluding hydrogens is 619 g/mol. The van der Waals surface area contributed by atoms with E-state index in [4.69, 9.17) is 14.9 Å². The van der Waals surface area contributed by atoms with E-state index in [1.807, 2.05) is 147 Å². The molecular formula is C39H33N5O3S. The van der Waals surface area contributed by atoms with E-state index in [1.54, 1.807) is 0 Å². The van der Waals surface area contributed by atoms with Crippen molar-refractivity contribution in [3.63, 3.8) is 0 Å². The Morgan fingerprint density at radius 2 is 1.35 bits per heavy atom. The number of ether oxygens (including phenoxy) is 1. The predicted molar refractivity (Wildman–Crippen MR) is 193 cm³/mol. The number of carbonyl (C=O) groups excluding carboxylic acids is 2. The highest BCUT2D eigenvalue weighted by Crippen LogP contribution is 2.33. The third-order valence-corrected chi connectivity index (χ3v) is 8.61. The molecule has 5 aromatic carbocycles. The number of thioether (sulfide) groups is 1. The normalized spacial score (nSPS) is 11.2. The second-order valence-electron chi connectivity index (χ2n) is 11.0. The Balaban J connectivity index is 1.41. The number of methoxy groups -OCH3 is 1. The Morgan fingerprint density at radius 1 is 0.750 bits per heavy atom. The summed E-state index contributed by atoms with van der Waals surface area (Å²) < 4.78 is 6.71. The molecule has 2 N–H and O–H groups in total. The fourth-order valence-corrected chi connectivity index (χ4v) is 5.94. The van der Waals surface area contributed by atoms with E-state index < -0.39 is 11.9 Å². The van der Waals surface area contributed by atoms with E-state index in [-0.39, 0.29) is 11.3 Å². The van der Waals surface area contributed by atoms with Crippen LogP contribution in [0.2, 0.25) is 0 Å². The van der Waals surface area contributed by atoms with Crippen molar-refractivity contribution < 1.29 is 14.3 Å². The summed E-state index contributed by atoms with van der Waals surface area (Å²) in [5, 5.41) is 13.3. The number of nitrogens with zero attached hydrogens (tertiary/aromatic N) is 3. The maximum atomic E-state index is 14.4. The number of hydrogen-bond acceptors (Lipinski definition) is 7. The number of esters is 1. The number of amides is 1. The summed E-state index contributed by atoms with van der Waals surface area (Å²) >= 11 is 1.41. The minimum Gasteiger partial charge on any atom is -0.465 e. The van der Waals surface area contributed by atoms with E-state index in [0.717, 1.165) is 27.3 Å². The van der Waals surface area contributed by atoms with Crippen LogP contribution in [0.1, 0.15) is 37.5 Å². The topological polar surface area (TPSA) is 97.6 Å². The van der Waals surface area contributed by atoms with Crippen LogP contribution in [0.15, 0.2) is 143 Å². The molecule has 0 saturated heterocycles. The average molecular weight is 652 g/mol. The Bertz CT molecular complexity index is 2080. The number of benzene rings is 5. The molecule has 0 unspecified atom stereocenters. The number of nitrogens with one attached hydrogen (secondary N) is 2. The summed E-state index contributed by atoms with van der Waals surface area (Å²) in [5.74, 6) is -1.18. The third-order valence-electron chi connectivity index (χ3n) is 7.52. The van der Waals surface area contributed by atoms with E-state index >= 15 is 0 Å². The van der Waals surface area contributed by atoms with Crippen molar-refractivity contribution in [3.8, 4) is 16.9 Å². The van der Waals surface area contributed by atoms with Crippen LogP contribution in [0.4, 0.5) is 11.4 Å². The van der Waals surface area contributed by atoms with Crippen LogP contribution in [0.5, 0.6) is 0 Å². The van der Waals surface area contributed by atoms with Crippen LogP contribution in [0.3, 0.4) is 0 Å². The SMILES string of the molecule is COC(=O)c1c(-c2ccc(C)cc2)nn(-c2ccccc2)c1C(=O)Nc1ccccc1SC(=NNc1ccccc1)c1ccc(C)cc1. The van der Waals surface area contributed by atoms with Crippen molar-refractivity contribution in [2.24, 2.45) is 5.10 Å². The molecule has 0 spiro atoms. The summed E-state index contributed by atoms with van der Waals surface area (Å²) in [4.78, 5) is 28.5. The van der Waals surface area contributed by atoms with Gasteiger partial charge < -0.3 is 10.1 Å². The van der Waals surface area contributed by atoms with Crippen molar-refractivity contribution in [1.29, 1.82) is 0 Å². The summed E-state index contributed by atoms with van der Waals surface area (Å²) in [6.45, 7) is 4.02. The van der Waals surface area contributed by atoms with Crippen LogP contribution >= 0.6 is 11.8 Å². The summed E-state index contributed by atoms with van der Waals surface area (Å²) in [6.07, 6.45) is 0. The molecule has 8 nitrogen and oxygen atoms in total. The summed E-state index contributed by atoms with van der Waals surface area (Å²) in [7, 11) is 1.30. The molecule has 0 aliphatic carbocycles. The number of hydrogen-bond donors (Lipinski definition) is 2. The fraction of sp³-hybridized carbons (Fsp3) is 0.0769. The van der Waals surface area contributed by atoms with Crippen LogP contribution < -0.4 is 10.7 Å². The van der Waals surface area contributed by atoms with Gasteiger partial charge in [0, 0.05) is 16.0 Å². The fourth-order valence-electron chi connectivity index (χ4n) is 5.01. The monoisotopic (exact) mass is 651 g/mol. The van der Waals surface area contributed by atoms with Gasteiger partial charge in [-0.2, -0.15) is 10.2 Å². The Morgan fingerprint density at radius 3 is 2.02 bits per heavy atom. The van der Waals surface area contributed by atoms with Gasteiger partial charge in [-0.15, -0.1) is 0 Å². The summed E-state index contributed by atoms with van der Waals surface area (Å²) in [6, 6.07) is 42.2. The van der Waals surface area contributed by atoms with E-state index in [1.165, 1.54) is 23.6 Å². The van der Waals surface area contributed by atoms with Crippen LogP contribution in [0.25, 0.3) is 16.9 Å². The van der Waals surface area contributed by atoms with E-state index in [9.17, 15) is 9.59 Å². The number of carbonyl (C=O) groups is 2. The Hall–Kier alpha value is -5.93. The highest BCUT2D eigenvalue weighted by molar-refractivity contribution is 8.14. The largest absolute Gasteiger partial charge is 0.465 e. The first-order chi connectivity index (χ1) is 23.4. The molecule has 1 heterocycles. The highest BCUT2D eigenvalue weighted by Gasteiger charge is 2.31. The molecule has 0 aliphatic rings. The van der Waals surface area contributed by atoms with Crippen molar-refractivity contribution in [2.45, 2.75) is 18.7 Å². The van der Waals surface area contributed by atoms with Crippen LogP contribution in [-0.4, -0.2) is 33.8 Å². The van der Waals surface area contributed by atoms with Crippen molar-refractivity contribution >= 4 is 40.1 Å². The zero-order chi connectivity index (χ0) is 33.5. The molecule has 0 atom stereocenters. The molecule has 0 radical (unpaired) electrons. The lowest BCUT2D eigenvalue weighted by Gasteiger charge is -2.14. The van der Waals surface area contributed by atoms with Crippen molar-refractivity contribution in [1.82, 2.24) is 9.78 Å². The molecule has 0 saturated carbocycles. The predicted octanol–water partition coefficient (Wildman–Crippen LogP) is 8.76. The number of para-hydroxylation sites is 3. The quantitative estimate of drug-likeness (QED) is 0.0533. The Labute approximate surface area is 283 Å². The average Bonchev–Trinajstić information content (AvgIpc) is 3.53. The molecule has 6 aromatic rings. The first kappa shape index (κ1) is 32.0. The van der Waals surface area contributed by atoms with Gasteiger partial charge in [0.2, 0.25) is 0 Å². The first-order valence-corrected chi connectivity index (χ1v) is 16.1. The van der Waals surface area contributed by atoms with Gasteiger partial charge in [0.05, 0.1) is 24.2 Å². The lowest BCUT2D eigenvalue weighted by Crippen LogP contribution is -2.21. The number of aryl methyl sites for hydroxylation is 2. The minimum absolute atomic E-state index is 0.0570. The van der Waals surface area contributed by atoms with Crippen LogP contribution in [0, 0.1) is 13.8 Å². The summed E-state index contributed by atoms with van der Waals surface area (Å²) in [5.41, 5.74) is 9.42. The third kappa shape index (κ3) is 7.22. The second-order valence-corrected chi connectivity index (χ2v) is 12.0. The molecule has 0 bridgehead atoms. The van der Waals surface area contributed by atoms with Gasteiger partial charge in [-0.1, -0.05) is 120 Å². The first-order valence-electron chi connectivity index (χ1n) is 15.3. The zero-order valence-corrected chi connectivity index (χ0v) is 27.5. The van der Waals surface area contributed by atoms with Gasteiger partial charge in [-0.05, 0) is 50.2 Å². The maximum absolute atomic E-state index is 14.4. The Kier molecular flexibility index (Phi) is 9.78. The van der Waals surface area contributed by atoms with Gasteiger partial charge >= 0.3 is 5.97 Å². The number of aromatic nitrogens is 2. The molecule has 9 heteroatoms. The number of anilines is 2. The molecule has 0 aliphatic heterocycles.